The molecule has 24 nitrogen and oxygen atoms in total. The fraction of sp³-hybridized carbons (Fsp3) is 0.918. The Bertz CT molecular complexity index is 2090. The number of Topliss-reactive ketones (excluding diaryl/α,β-unsaturated/α-hetero) is 1. The van der Waals surface area contributed by atoms with E-state index in [2.05, 4.69) is 22.9 Å². The van der Waals surface area contributed by atoms with Crippen LogP contribution in [0, 0.1) is 6.92 Å². The van der Waals surface area contributed by atoms with Gasteiger partial charge in [0.1, 0.15) is 32.0 Å². The number of hydrogen-bond acceptors (Lipinski definition) is 17. The van der Waals surface area contributed by atoms with E-state index in [0.717, 1.165) is 141 Å². The molecule has 0 bridgehead atoms. The molecule has 0 aliphatic carbocycles. The van der Waals surface area contributed by atoms with Gasteiger partial charge in [-0.15, -0.1) is 12.6 Å². The predicted molar refractivity (Wildman–Crippen MR) is 342 cm³/mol. The number of hydroxylamine groups is 12. The molecule has 0 aromatic heterocycles. The third-order valence-corrected chi connectivity index (χ3v) is 17.0. The fourth-order valence-corrected chi connectivity index (χ4v) is 11.3. The van der Waals surface area contributed by atoms with E-state index in [1.54, 1.807) is 56.4 Å². The van der Waals surface area contributed by atoms with Crippen molar-refractivity contribution in [2.24, 2.45) is 0 Å². The second kappa shape index (κ2) is 64.8. The minimum absolute atomic E-state index is 0. The molecule has 0 aromatic rings. The van der Waals surface area contributed by atoms with Crippen molar-refractivity contribution in [3.05, 3.63) is 6.92 Å². The van der Waals surface area contributed by atoms with Crippen LogP contribution in [-0.2, 0) is 50.0 Å². The van der Waals surface area contributed by atoms with Gasteiger partial charge >= 0.3 is 99.3 Å². The van der Waals surface area contributed by atoms with Gasteiger partial charge in [0.15, 0.2) is 0 Å². The van der Waals surface area contributed by atoms with Gasteiger partial charge < -0.3 is 32.0 Å². The number of nitrogens with zero attached hydrogens (tertiary/aromatic N) is 4. The van der Waals surface area contributed by atoms with Crippen LogP contribution in [0.25, 0.3) is 0 Å². The van der Waals surface area contributed by atoms with Gasteiger partial charge in [0.25, 0.3) is 0 Å². The monoisotopic (exact) mass is 1400 g/mol. The van der Waals surface area contributed by atoms with Crippen LogP contribution in [-0.4, -0.2) is 214 Å². The largest absolute Gasteiger partial charge is 1.00 e. The molecule has 0 saturated carbocycles. The molecule has 3 amide bonds. The molecule has 91 heavy (non-hydrogen) atoms. The summed E-state index contributed by atoms with van der Waals surface area (Å²) in [4.78, 5) is 47.0. The smallest absolute Gasteiger partial charge is 0.748 e. The van der Waals surface area contributed by atoms with E-state index >= 15 is 0 Å². The summed E-state index contributed by atoms with van der Waals surface area (Å²) in [6.45, 7) is 9.97. The number of ketones is 1. The van der Waals surface area contributed by atoms with Crippen molar-refractivity contribution in [3.63, 3.8) is 0 Å². The minimum atomic E-state index is -4.30. The van der Waals surface area contributed by atoms with Crippen molar-refractivity contribution in [1.82, 2.24) is 16.0 Å². The summed E-state index contributed by atoms with van der Waals surface area (Å²) in [5.41, 5.74) is 0. The van der Waals surface area contributed by atoms with Crippen LogP contribution < -0.4 is 105 Å². The summed E-state index contributed by atoms with van der Waals surface area (Å²) in [6.07, 6.45) is 31.2. The number of quaternary nitrogens is 4. The quantitative estimate of drug-likeness (QED) is 0.0107. The first kappa shape index (κ1) is 105. The van der Waals surface area contributed by atoms with Crippen molar-refractivity contribution in [2.45, 2.75) is 261 Å². The van der Waals surface area contributed by atoms with Crippen molar-refractivity contribution < 1.29 is 186 Å². The van der Waals surface area contributed by atoms with E-state index < -0.39 is 41.3 Å². The molecule has 0 heterocycles. The molecular formula is C61H128N7Na3O17S3+4. The maximum Gasteiger partial charge on any atom is 1.00 e. The van der Waals surface area contributed by atoms with Crippen LogP contribution >= 0.6 is 0 Å². The maximum absolute atomic E-state index is 12.0. The summed E-state index contributed by atoms with van der Waals surface area (Å²) in [6, 6.07) is 0. The van der Waals surface area contributed by atoms with Crippen LogP contribution in [0.5, 0.6) is 0 Å². The van der Waals surface area contributed by atoms with Crippen LogP contribution in [0.1, 0.15) is 251 Å². The van der Waals surface area contributed by atoms with E-state index in [1.165, 1.54) is 25.7 Å². The molecule has 30 heteroatoms. The van der Waals surface area contributed by atoms with E-state index in [-0.39, 0.29) is 131 Å². The molecule has 0 aliphatic heterocycles. The fourth-order valence-electron chi connectivity index (χ4n) is 9.43. The van der Waals surface area contributed by atoms with Gasteiger partial charge in [-0.1, -0.05) is 129 Å². The Morgan fingerprint density at radius 1 is 0.385 bits per heavy atom. The van der Waals surface area contributed by atoms with Gasteiger partial charge in [-0.05, 0) is 64.2 Å². The molecule has 0 saturated heterocycles. The zero-order chi connectivity index (χ0) is 68.0. The van der Waals surface area contributed by atoms with Gasteiger partial charge in [0.2, 0.25) is 17.7 Å². The summed E-state index contributed by atoms with van der Waals surface area (Å²) >= 11 is 0. The number of nitrogens with one attached hydrogen (secondary N) is 3. The number of rotatable bonds is 54. The Labute approximate surface area is 620 Å². The first-order valence-corrected chi connectivity index (χ1v) is 36.8. The molecule has 0 aromatic carbocycles. The third-order valence-electron chi connectivity index (χ3n) is 14.4. The van der Waals surface area contributed by atoms with E-state index in [4.69, 9.17) is 12.6 Å². The predicted octanol–water partition coefficient (Wildman–Crippen LogP) is 0.253. The van der Waals surface area contributed by atoms with Crippen molar-refractivity contribution in [3.8, 4) is 0 Å². The molecule has 0 rings (SSSR count). The number of amides is 3. The van der Waals surface area contributed by atoms with Crippen molar-refractivity contribution in [1.29, 1.82) is 0 Å². The number of carbonyl (C=O) groups excluding carboxylic acids is 4. The average molecular weight is 1400 g/mol. The molecule has 0 spiro atoms. The first-order valence-electron chi connectivity index (χ1n) is 32.8. The van der Waals surface area contributed by atoms with Gasteiger partial charge in [0.05, 0.1) is 76.6 Å². The standard InChI is InChI=1S/C29H59N3O7S.C17H36N2O5S.C15H32N2O2.3Na.O3S/c1-31(2,35)25-17-16-20-27(33)19-12-8-5-6-9-13-21-28(40(37,38)39)22-14-10-7-11-15-23-29(34)30-24-18-26-32(3,4)36;1-4-11-16(25(22,23)24)12-8-6-5-7-9-13-17(20)18-14-10-15-19(2,3)21;1-4-5-6-7-8-9-10-12-15(18)16-13-11-14-17(2,3)19;;;;1-4(2)3/h28,35-36H,5-26H2,1-4H3;16,21H,4-15H2,1-3H3,(H-,18,20,22,23,24);19H,1,4-14H2,2-3H3,(H,16,18);;;;/q;;;3*+1;/p+1. The van der Waals surface area contributed by atoms with E-state index in [9.17, 15) is 65.9 Å². The zero-order valence-corrected chi connectivity index (χ0v) is 67.7. The first-order chi connectivity index (χ1) is 40.8. The van der Waals surface area contributed by atoms with Crippen LogP contribution in [0.2, 0.25) is 0 Å². The second-order valence-corrected chi connectivity index (χ2v) is 29.4. The number of hydrogen-bond donors (Lipinski definition) is 7. The molecule has 0 fully saturated rings. The summed E-state index contributed by atoms with van der Waals surface area (Å²) < 4.78 is 93.4. The molecule has 526 valence electrons. The topological polar surface area (TPSA) is 351 Å². The average Bonchev–Trinajstić information content (AvgIpc) is 3.59. The molecule has 0 radical (unpaired) electrons. The molecule has 0 aliphatic rings. The van der Waals surface area contributed by atoms with Gasteiger partial charge in [-0.2, -0.15) is 25.0 Å². The van der Waals surface area contributed by atoms with Gasteiger partial charge in [-0.3, -0.25) is 19.2 Å². The zero-order valence-electron chi connectivity index (χ0n) is 59.3. The van der Waals surface area contributed by atoms with Crippen LogP contribution in [0.4, 0.5) is 0 Å². The van der Waals surface area contributed by atoms with E-state index in [0.29, 0.717) is 123 Å². The van der Waals surface area contributed by atoms with Crippen molar-refractivity contribution >= 4 is 54.3 Å². The van der Waals surface area contributed by atoms with E-state index in [1.807, 2.05) is 6.92 Å². The summed E-state index contributed by atoms with van der Waals surface area (Å²) in [5.74, 6) is 0.472. The Balaban J connectivity index is -0.000000237. The van der Waals surface area contributed by atoms with Crippen molar-refractivity contribution in [2.75, 3.05) is 102 Å². The minimum Gasteiger partial charge on any atom is -0.748 e. The third kappa shape index (κ3) is 92.3. The number of carbonyl (C=O) groups is 4. The Kier molecular flexibility index (Phi) is 74.6. The molecule has 2 unspecified atom stereocenters. The van der Waals surface area contributed by atoms with Gasteiger partial charge in [0, 0.05) is 81.5 Å². The maximum atomic E-state index is 12.0. The van der Waals surface area contributed by atoms with Gasteiger partial charge in [-0.25, -0.2) is 37.7 Å². The Morgan fingerprint density at radius 3 is 0.857 bits per heavy atom. The summed E-state index contributed by atoms with van der Waals surface area (Å²) in [5, 5.41) is 45.3. The second-order valence-electron chi connectivity index (χ2n) is 25.7. The SMILES string of the molecule is CCCC(CCCCCCCC(=O)NCCC[N+](C)(C)O)S(=O)(=O)[O-].C[N+](C)(O)CCCCC(=O)CCCCCCCCC(CCCCCCCC(=O)NCCC[N+](C)(C)O)S(=O)(=O)[O-].O=S(=O)=O.[CH2-]CCCCCCCCC(=O)NCCC[N+](C)(C)O.[Na+].[Na+].[Na+]. The Morgan fingerprint density at radius 2 is 0.604 bits per heavy atom. The summed E-state index contributed by atoms with van der Waals surface area (Å²) in [7, 11) is 2.10. The normalized spacial score (nSPS) is 12.3. The molecule has 2 atom stereocenters. The molecule has 7 N–H and O–H groups in total. The van der Waals surface area contributed by atoms with Crippen LogP contribution in [0.15, 0.2) is 0 Å². The molecular weight excluding hydrogens is 1270 g/mol. The van der Waals surface area contributed by atoms with Crippen LogP contribution in [0.3, 0.4) is 0 Å². The Hall–Kier alpha value is 0.200. The number of unbranched alkanes of at least 4 members (excludes halogenated alkanes) is 20.